The molecule has 0 saturated carbocycles. The molecule has 0 aromatic heterocycles. The minimum absolute atomic E-state index is 0.308. The summed E-state index contributed by atoms with van der Waals surface area (Å²) in [5.74, 6) is 0.907. The normalized spacial score (nSPS) is 23.4. The van der Waals surface area contributed by atoms with Gasteiger partial charge in [0.1, 0.15) is 5.76 Å². The number of aliphatic imine (C=N–C) groups is 1. The van der Waals surface area contributed by atoms with Crippen molar-refractivity contribution in [1.29, 1.82) is 0 Å². The van der Waals surface area contributed by atoms with Crippen molar-refractivity contribution in [1.82, 2.24) is 5.32 Å². The van der Waals surface area contributed by atoms with Crippen LogP contribution in [0.1, 0.15) is 13.3 Å². The molecule has 1 aliphatic rings. The molecule has 0 aromatic rings. The minimum Gasteiger partial charge on any atom is -0.497 e. The molecule has 1 atom stereocenters. The Morgan fingerprint density at radius 1 is 1.80 bits per heavy atom. The van der Waals surface area contributed by atoms with Crippen LogP contribution in [0.3, 0.4) is 0 Å². The average molecular weight is 140 g/mol. The average Bonchev–Trinajstić information content (AvgIpc) is 2.04. The number of rotatable bonds is 2. The van der Waals surface area contributed by atoms with Crippen molar-refractivity contribution < 1.29 is 4.74 Å². The van der Waals surface area contributed by atoms with Gasteiger partial charge in [-0.15, -0.1) is 0 Å². The first-order valence-corrected chi connectivity index (χ1v) is 3.40. The lowest BCUT2D eigenvalue weighted by Crippen LogP contribution is -2.31. The number of nitrogens with one attached hydrogen (secondary N) is 1. The molecule has 0 amide bonds. The topological polar surface area (TPSA) is 33.6 Å². The standard InChI is InChI=1S/C7H12N2O/c1-3-6-7(10-2)4-8-5-9-6/h4-6H,3H2,1-2H3,(H,8,9). The zero-order chi connectivity index (χ0) is 7.40. The Kier molecular flexibility index (Phi) is 2.31. The summed E-state index contributed by atoms with van der Waals surface area (Å²) in [6.07, 6.45) is 4.45. The first-order valence-electron chi connectivity index (χ1n) is 3.40. The van der Waals surface area contributed by atoms with Crippen LogP contribution in [0, 0.1) is 0 Å². The maximum Gasteiger partial charge on any atom is 0.136 e. The highest BCUT2D eigenvalue weighted by molar-refractivity contribution is 5.58. The molecule has 1 N–H and O–H groups in total. The van der Waals surface area contributed by atoms with Gasteiger partial charge >= 0.3 is 0 Å². The second-order valence-electron chi connectivity index (χ2n) is 2.14. The second-order valence-corrected chi connectivity index (χ2v) is 2.14. The molecule has 3 heteroatoms. The molecule has 0 aromatic carbocycles. The van der Waals surface area contributed by atoms with Crippen LogP contribution in [0.5, 0.6) is 0 Å². The number of ether oxygens (including phenoxy) is 1. The molecular weight excluding hydrogens is 128 g/mol. The van der Waals surface area contributed by atoms with E-state index in [9.17, 15) is 0 Å². The molecule has 0 fully saturated rings. The van der Waals surface area contributed by atoms with Crippen molar-refractivity contribution in [2.45, 2.75) is 19.4 Å². The third-order valence-electron chi connectivity index (χ3n) is 1.54. The van der Waals surface area contributed by atoms with E-state index in [1.54, 1.807) is 19.6 Å². The summed E-state index contributed by atoms with van der Waals surface area (Å²) >= 11 is 0. The summed E-state index contributed by atoms with van der Waals surface area (Å²) in [5, 5.41) is 3.08. The van der Waals surface area contributed by atoms with E-state index >= 15 is 0 Å². The van der Waals surface area contributed by atoms with Crippen molar-refractivity contribution in [3.63, 3.8) is 0 Å². The van der Waals surface area contributed by atoms with Gasteiger partial charge in [-0.3, -0.25) is 0 Å². The van der Waals surface area contributed by atoms with E-state index in [0.29, 0.717) is 6.04 Å². The molecule has 56 valence electrons. The van der Waals surface area contributed by atoms with E-state index in [-0.39, 0.29) is 0 Å². The predicted octanol–water partition coefficient (Wildman–Crippen LogP) is 0.884. The highest BCUT2D eigenvalue weighted by Gasteiger charge is 2.12. The predicted molar refractivity (Wildman–Crippen MR) is 40.8 cm³/mol. The lowest BCUT2D eigenvalue weighted by molar-refractivity contribution is 0.254. The van der Waals surface area contributed by atoms with Crippen LogP contribution in [0.2, 0.25) is 0 Å². The number of methoxy groups -OCH3 is 1. The summed E-state index contributed by atoms with van der Waals surface area (Å²) < 4.78 is 5.08. The van der Waals surface area contributed by atoms with Crippen molar-refractivity contribution in [3.05, 3.63) is 12.0 Å². The van der Waals surface area contributed by atoms with Crippen LogP contribution < -0.4 is 5.32 Å². The van der Waals surface area contributed by atoms with E-state index in [0.717, 1.165) is 12.2 Å². The molecule has 0 radical (unpaired) electrons. The highest BCUT2D eigenvalue weighted by atomic mass is 16.5. The van der Waals surface area contributed by atoms with Crippen LogP contribution in [0.15, 0.2) is 17.0 Å². The summed E-state index contributed by atoms with van der Waals surface area (Å²) in [7, 11) is 1.66. The van der Waals surface area contributed by atoms with E-state index < -0.39 is 0 Å². The zero-order valence-corrected chi connectivity index (χ0v) is 6.29. The first kappa shape index (κ1) is 7.12. The van der Waals surface area contributed by atoms with E-state index in [2.05, 4.69) is 17.2 Å². The maximum atomic E-state index is 5.08. The summed E-state index contributed by atoms with van der Waals surface area (Å²) in [6.45, 7) is 2.10. The lowest BCUT2D eigenvalue weighted by Gasteiger charge is -2.19. The van der Waals surface area contributed by atoms with Gasteiger partial charge in [0.2, 0.25) is 0 Å². The molecule has 1 rings (SSSR count). The Hall–Kier alpha value is -0.990. The molecule has 0 aliphatic carbocycles. The molecule has 1 heterocycles. The molecule has 0 bridgehead atoms. The fourth-order valence-electron chi connectivity index (χ4n) is 0.930. The Morgan fingerprint density at radius 3 is 3.10 bits per heavy atom. The number of nitrogens with zero attached hydrogens (tertiary/aromatic N) is 1. The fraction of sp³-hybridized carbons (Fsp3) is 0.571. The van der Waals surface area contributed by atoms with Gasteiger partial charge in [-0.2, -0.15) is 0 Å². The van der Waals surface area contributed by atoms with E-state index in [1.165, 1.54) is 0 Å². The van der Waals surface area contributed by atoms with Crippen molar-refractivity contribution in [3.8, 4) is 0 Å². The SMILES string of the molecule is CCC1NC=NC=C1OC. The molecule has 0 saturated heterocycles. The molecule has 1 unspecified atom stereocenters. The van der Waals surface area contributed by atoms with Gasteiger partial charge in [0.05, 0.1) is 25.7 Å². The van der Waals surface area contributed by atoms with Crippen LogP contribution in [-0.4, -0.2) is 19.5 Å². The summed E-state index contributed by atoms with van der Waals surface area (Å²) in [5.41, 5.74) is 0. The van der Waals surface area contributed by atoms with Crippen LogP contribution in [-0.2, 0) is 4.74 Å². The molecular formula is C7H12N2O. The first-order chi connectivity index (χ1) is 4.88. The third-order valence-corrected chi connectivity index (χ3v) is 1.54. The van der Waals surface area contributed by atoms with E-state index in [1.807, 2.05) is 0 Å². The van der Waals surface area contributed by atoms with Gasteiger partial charge in [-0.05, 0) is 6.42 Å². The lowest BCUT2D eigenvalue weighted by atomic mass is 10.2. The van der Waals surface area contributed by atoms with Crippen molar-refractivity contribution in [2.75, 3.05) is 7.11 Å². The Bertz CT molecular complexity index is 163. The third kappa shape index (κ3) is 1.29. The zero-order valence-electron chi connectivity index (χ0n) is 6.29. The van der Waals surface area contributed by atoms with Gasteiger partial charge in [-0.25, -0.2) is 4.99 Å². The summed E-state index contributed by atoms with van der Waals surface area (Å²) in [6, 6.07) is 0.308. The fourth-order valence-corrected chi connectivity index (χ4v) is 0.930. The second kappa shape index (κ2) is 3.25. The molecule has 1 aliphatic heterocycles. The monoisotopic (exact) mass is 140 g/mol. The smallest absolute Gasteiger partial charge is 0.136 e. The largest absolute Gasteiger partial charge is 0.497 e. The van der Waals surface area contributed by atoms with Gasteiger partial charge in [0.15, 0.2) is 0 Å². The van der Waals surface area contributed by atoms with Gasteiger partial charge in [-0.1, -0.05) is 6.92 Å². The summed E-state index contributed by atoms with van der Waals surface area (Å²) in [4.78, 5) is 3.90. The maximum absolute atomic E-state index is 5.08. The Labute approximate surface area is 60.8 Å². The number of hydrogen-bond donors (Lipinski definition) is 1. The van der Waals surface area contributed by atoms with Gasteiger partial charge in [0, 0.05) is 0 Å². The van der Waals surface area contributed by atoms with Gasteiger partial charge in [0.25, 0.3) is 0 Å². The Morgan fingerprint density at radius 2 is 2.60 bits per heavy atom. The Balaban J connectivity index is 2.61. The quantitative estimate of drug-likeness (QED) is 0.617. The number of hydrogen-bond acceptors (Lipinski definition) is 3. The molecule has 10 heavy (non-hydrogen) atoms. The van der Waals surface area contributed by atoms with E-state index in [4.69, 9.17) is 4.74 Å². The van der Waals surface area contributed by atoms with Crippen LogP contribution in [0.25, 0.3) is 0 Å². The van der Waals surface area contributed by atoms with Gasteiger partial charge < -0.3 is 10.1 Å². The van der Waals surface area contributed by atoms with Crippen LogP contribution >= 0.6 is 0 Å². The molecule has 3 nitrogen and oxygen atoms in total. The highest BCUT2D eigenvalue weighted by Crippen LogP contribution is 2.08. The molecule has 0 spiro atoms. The van der Waals surface area contributed by atoms with Crippen LogP contribution in [0.4, 0.5) is 0 Å². The van der Waals surface area contributed by atoms with Crippen molar-refractivity contribution in [2.24, 2.45) is 4.99 Å². The van der Waals surface area contributed by atoms with Crippen molar-refractivity contribution >= 4 is 6.34 Å². The minimum atomic E-state index is 0.308.